The average molecular weight is 477 g/mol. The lowest BCUT2D eigenvalue weighted by Crippen LogP contribution is -2.20. The zero-order valence-electron chi connectivity index (χ0n) is 18.0. The number of carbonyl (C=O) groups excluding carboxylic acids is 1. The number of anilines is 1. The number of amides is 1. The van der Waals surface area contributed by atoms with Crippen LogP contribution in [-0.4, -0.2) is 30.3 Å². The van der Waals surface area contributed by atoms with Gasteiger partial charge in [-0.2, -0.15) is 23.4 Å². The molecule has 1 amide bonds. The summed E-state index contributed by atoms with van der Waals surface area (Å²) in [5, 5.41) is 11.2. The van der Waals surface area contributed by atoms with Crippen molar-refractivity contribution in [3.05, 3.63) is 76.5 Å². The van der Waals surface area contributed by atoms with Crippen molar-refractivity contribution in [3.63, 3.8) is 0 Å². The summed E-state index contributed by atoms with van der Waals surface area (Å²) in [6.45, 7) is 5.72. The summed E-state index contributed by atoms with van der Waals surface area (Å²) in [4.78, 5) is 17.1. The van der Waals surface area contributed by atoms with E-state index in [4.69, 9.17) is 11.6 Å². The van der Waals surface area contributed by atoms with Gasteiger partial charge in [-0.1, -0.05) is 44.5 Å². The van der Waals surface area contributed by atoms with E-state index in [0.29, 0.717) is 21.8 Å². The molecule has 3 aromatic heterocycles. The minimum atomic E-state index is -4.66. The number of benzene rings is 1. The number of halogens is 4. The highest BCUT2D eigenvalue weighted by Crippen LogP contribution is 2.32. The number of alkyl halides is 3. The van der Waals surface area contributed by atoms with Gasteiger partial charge in [0.2, 0.25) is 0 Å². The fraction of sp³-hybridized carbons (Fsp3) is 0.273. The van der Waals surface area contributed by atoms with Gasteiger partial charge in [0.05, 0.1) is 23.5 Å². The van der Waals surface area contributed by atoms with Gasteiger partial charge in [-0.25, -0.2) is 9.50 Å². The van der Waals surface area contributed by atoms with E-state index in [1.165, 1.54) is 12.3 Å². The Morgan fingerprint density at radius 2 is 1.91 bits per heavy atom. The third kappa shape index (κ3) is 5.00. The van der Waals surface area contributed by atoms with Crippen LogP contribution in [0.3, 0.4) is 0 Å². The molecule has 4 aromatic rings. The second-order valence-corrected chi connectivity index (χ2v) is 9.02. The zero-order chi connectivity index (χ0) is 24.0. The van der Waals surface area contributed by atoms with Crippen LogP contribution < -0.4 is 5.32 Å². The summed E-state index contributed by atoms with van der Waals surface area (Å²) >= 11 is 5.88. The van der Waals surface area contributed by atoms with Crippen molar-refractivity contribution in [3.8, 4) is 0 Å². The van der Waals surface area contributed by atoms with E-state index in [0.717, 1.165) is 11.6 Å². The van der Waals surface area contributed by atoms with Crippen molar-refractivity contribution in [1.82, 2.24) is 24.4 Å². The second-order valence-electron chi connectivity index (χ2n) is 8.58. The van der Waals surface area contributed by atoms with Crippen LogP contribution in [0.15, 0.2) is 48.8 Å². The fourth-order valence-corrected chi connectivity index (χ4v) is 3.38. The summed E-state index contributed by atoms with van der Waals surface area (Å²) < 4.78 is 43.3. The Morgan fingerprint density at radius 3 is 2.55 bits per heavy atom. The molecule has 4 rings (SSSR count). The van der Waals surface area contributed by atoms with E-state index in [1.807, 2.05) is 6.07 Å². The number of hydrogen-bond donors (Lipinski definition) is 1. The van der Waals surface area contributed by atoms with Gasteiger partial charge in [-0.15, -0.1) is 0 Å². The van der Waals surface area contributed by atoms with Gasteiger partial charge in [-0.3, -0.25) is 9.48 Å². The van der Waals surface area contributed by atoms with Crippen molar-refractivity contribution in [2.24, 2.45) is 0 Å². The molecule has 7 nitrogen and oxygen atoms in total. The van der Waals surface area contributed by atoms with Crippen molar-refractivity contribution in [1.29, 1.82) is 0 Å². The molecular weight excluding hydrogens is 457 g/mol. The van der Waals surface area contributed by atoms with Crippen LogP contribution in [0.4, 0.5) is 18.9 Å². The smallest absolute Gasteiger partial charge is 0.321 e. The molecule has 0 unspecified atom stereocenters. The largest absolute Gasteiger partial charge is 0.433 e. The Bertz CT molecular complexity index is 1340. The first-order valence-electron chi connectivity index (χ1n) is 9.97. The Labute approximate surface area is 192 Å². The molecule has 0 fully saturated rings. The summed E-state index contributed by atoms with van der Waals surface area (Å²) in [5.74, 6) is -0.648. The Kier molecular flexibility index (Phi) is 5.65. The topological polar surface area (TPSA) is 77.1 Å². The highest BCUT2D eigenvalue weighted by molar-refractivity contribution is 6.30. The SMILES string of the molecule is CC(C)(C)c1cc(C(F)(F)F)n2nc(C(=O)Nc3cccc(Cn4cc(Cl)cn4)c3)cc2n1. The maximum absolute atomic E-state index is 13.7. The number of nitrogens with zero attached hydrogens (tertiary/aromatic N) is 5. The lowest BCUT2D eigenvalue weighted by molar-refractivity contribution is -0.142. The van der Waals surface area contributed by atoms with Crippen molar-refractivity contribution in [2.45, 2.75) is 38.9 Å². The maximum Gasteiger partial charge on any atom is 0.433 e. The van der Waals surface area contributed by atoms with Crippen LogP contribution in [0.5, 0.6) is 0 Å². The fourth-order valence-electron chi connectivity index (χ4n) is 3.23. The van der Waals surface area contributed by atoms with Crippen LogP contribution in [0.25, 0.3) is 5.65 Å². The highest BCUT2D eigenvalue weighted by atomic mass is 35.5. The third-order valence-corrected chi connectivity index (χ3v) is 5.05. The quantitative estimate of drug-likeness (QED) is 0.439. The third-order valence-electron chi connectivity index (χ3n) is 4.85. The van der Waals surface area contributed by atoms with Crippen LogP contribution in [0, 0.1) is 0 Å². The molecule has 0 spiro atoms. The van der Waals surface area contributed by atoms with Gasteiger partial charge >= 0.3 is 6.18 Å². The number of hydrogen-bond acceptors (Lipinski definition) is 4. The van der Waals surface area contributed by atoms with Crippen molar-refractivity contribution in [2.75, 3.05) is 5.32 Å². The predicted molar refractivity (Wildman–Crippen MR) is 117 cm³/mol. The molecule has 0 saturated heterocycles. The maximum atomic E-state index is 13.7. The summed E-state index contributed by atoms with van der Waals surface area (Å²) in [7, 11) is 0. The first kappa shape index (κ1) is 22.8. The van der Waals surface area contributed by atoms with E-state index < -0.39 is 23.2 Å². The second kappa shape index (κ2) is 8.18. The molecule has 0 aliphatic heterocycles. The standard InChI is InChI=1S/C22H20ClF3N6O/c1-21(2,3)17-9-18(22(24,25)26)32-19(29-17)8-16(30-32)20(33)28-15-6-4-5-13(7-15)11-31-12-14(23)10-27-31/h4-10,12H,11H2,1-3H3,(H,28,33). The number of carbonyl (C=O) groups is 1. The predicted octanol–water partition coefficient (Wildman–Crippen LogP) is 5.20. The molecule has 1 aromatic carbocycles. The molecular formula is C22H20ClF3N6O. The molecule has 172 valence electrons. The van der Waals surface area contributed by atoms with Gasteiger partial charge in [0.1, 0.15) is 5.69 Å². The summed E-state index contributed by atoms with van der Waals surface area (Å²) in [6.07, 6.45) is -1.48. The Hall–Kier alpha value is -3.40. The van der Waals surface area contributed by atoms with Crippen LogP contribution in [0.1, 0.15) is 48.2 Å². The zero-order valence-corrected chi connectivity index (χ0v) is 18.7. The number of rotatable bonds is 4. The van der Waals surface area contributed by atoms with E-state index in [9.17, 15) is 18.0 Å². The van der Waals surface area contributed by atoms with Gasteiger partial charge < -0.3 is 5.32 Å². The van der Waals surface area contributed by atoms with E-state index >= 15 is 0 Å². The molecule has 0 radical (unpaired) electrons. The van der Waals surface area contributed by atoms with Gasteiger partial charge in [0.25, 0.3) is 5.91 Å². The summed E-state index contributed by atoms with van der Waals surface area (Å²) in [5.41, 5.74) is -0.275. The molecule has 33 heavy (non-hydrogen) atoms. The molecule has 3 heterocycles. The lowest BCUT2D eigenvalue weighted by Gasteiger charge is -2.19. The van der Waals surface area contributed by atoms with Crippen LogP contribution in [-0.2, 0) is 18.1 Å². The van der Waals surface area contributed by atoms with Gasteiger partial charge in [-0.05, 0) is 23.8 Å². The normalized spacial score (nSPS) is 12.3. The van der Waals surface area contributed by atoms with Crippen molar-refractivity contribution >= 4 is 28.8 Å². The van der Waals surface area contributed by atoms with Crippen LogP contribution >= 0.6 is 11.6 Å². The molecule has 0 aliphatic carbocycles. The molecule has 11 heteroatoms. The molecule has 0 saturated carbocycles. The van der Waals surface area contributed by atoms with E-state index in [-0.39, 0.29) is 17.0 Å². The number of aromatic nitrogens is 5. The monoisotopic (exact) mass is 476 g/mol. The van der Waals surface area contributed by atoms with Crippen LogP contribution in [0.2, 0.25) is 5.02 Å². The van der Waals surface area contributed by atoms with Gasteiger partial charge in [0.15, 0.2) is 11.3 Å². The average Bonchev–Trinajstić information content (AvgIpc) is 3.32. The molecule has 1 N–H and O–H groups in total. The minimum Gasteiger partial charge on any atom is -0.321 e. The van der Waals surface area contributed by atoms with E-state index in [2.05, 4.69) is 20.5 Å². The van der Waals surface area contributed by atoms with Crippen molar-refractivity contribution < 1.29 is 18.0 Å². The highest BCUT2D eigenvalue weighted by Gasteiger charge is 2.36. The Morgan fingerprint density at radius 1 is 1.15 bits per heavy atom. The number of fused-ring (bicyclic) bond motifs is 1. The summed E-state index contributed by atoms with van der Waals surface area (Å²) in [6, 6.07) is 9.22. The van der Waals surface area contributed by atoms with E-state index in [1.54, 1.807) is 49.8 Å². The first-order valence-corrected chi connectivity index (χ1v) is 10.3. The number of nitrogens with one attached hydrogen (secondary N) is 1. The molecule has 0 bridgehead atoms. The lowest BCUT2D eigenvalue weighted by atomic mass is 9.91. The minimum absolute atomic E-state index is 0.0517. The Balaban J connectivity index is 1.63. The molecule has 0 atom stereocenters. The molecule has 0 aliphatic rings. The van der Waals surface area contributed by atoms with Gasteiger partial charge in [0, 0.05) is 23.4 Å². The first-order chi connectivity index (χ1) is 15.4.